The number of quaternary nitrogens is 1. The van der Waals surface area contributed by atoms with Crippen LogP contribution < -0.4 is 5.11 Å². The molecule has 2 unspecified atom stereocenters. The average molecular weight is 818 g/mol. The van der Waals surface area contributed by atoms with Crippen LogP contribution in [0, 0.1) is 0 Å². The summed E-state index contributed by atoms with van der Waals surface area (Å²) >= 11 is 0. The average Bonchev–Trinajstić information content (AvgIpc) is 3.18. The standard InChI is InChI=1S/C49H87NO8/c1-6-8-10-12-14-16-18-20-22-24-26-28-30-32-34-36-38-40-47(52)58-45(44-57-49(48(53)54)55-42-41-50(3,4)5)43-56-46(51)39-37-35-33-31-29-27-25-23-21-19-17-15-13-11-9-7-2/h8,10,14,16,20,22-23,25,45,49H,6-7,9,11-13,15,17-19,21,24,26-44H2,1-5H3/b10-8-,16-14-,22-20-,25-23-. The fourth-order valence-corrected chi connectivity index (χ4v) is 6.19. The highest BCUT2D eigenvalue weighted by Crippen LogP contribution is 2.14. The summed E-state index contributed by atoms with van der Waals surface area (Å²) < 4.78 is 22.6. The molecule has 2 atom stereocenters. The van der Waals surface area contributed by atoms with Gasteiger partial charge in [-0.2, -0.15) is 0 Å². The summed E-state index contributed by atoms with van der Waals surface area (Å²) in [5.41, 5.74) is 0. The Morgan fingerprint density at radius 2 is 0.983 bits per heavy atom. The minimum absolute atomic E-state index is 0.143. The molecule has 0 saturated heterocycles. The van der Waals surface area contributed by atoms with Gasteiger partial charge in [-0.15, -0.1) is 0 Å². The summed E-state index contributed by atoms with van der Waals surface area (Å²) in [5.74, 6) is -2.31. The Morgan fingerprint density at radius 1 is 0.534 bits per heavy atom. The van der Waals surface area contributed by atoms with E-state index in [0.717, 1.165) is 83.5 Å². The lowest BCUT2D eigenvalue weighted by atomic mass is 10.1. The first-order chi connectivity index (χ1) is 28.1. The Hall–Kier alpha value is -2.75. The molecule has 58 heavy (non-hydrogen) atoms. The zero-order valence-electron chi connectivity index (χ0n) is 37.9. The first-order valence-corrected chi connectivity index (χ1v) is 23.3. The van der Waals surface area contributed by atoms with Crippen molar-refractivity contribution >= 4 is 17.9 Å². The van der Waals surface area contributed by atoms with Gasteiger partial charge in [0.2, 0.25) is 0 Å². The summed E-state index contributed by atoms with van der Waals surface area (Å²) in [6, 6.07) is 0. The van der Waals surface area contributed by atoms with Crippen molar-refractivity contribution in [3.63, 3.8) is 0 Å². The van der Waals surface area contributed by atoms with Gasteiger partial charge in [-0.25, -0.2) is 0 Å². The van der Waals surface area contributed by atoms with Crippen molar-refractivity contribution in [3.05, 3.63) is 48.6 Å². The van der Waals surface area contributed by atoms with E-state index >= 15 is 0 Å². The summed E-state index contributed by atoms with van der Waals surface area (Å²) in [6.45, 7) is 4.60. The monoisotopic (exact) mass is 818 g/mol. The highest BCUT2D eigenvalue weighted by Gasteiger charge is 2.21. The maximum absolute atomic E-state index is 12.8. The van der Waals surface area contributed by atoms with Crippen LogP contribution in [0.5, 0.6) is 0 Å². The number of unbranched alkanes of at least 4 members (excludes halogenated alkanes) is 19. The third kappa shape index (κ3) is 41.4. The normalized spacial score (nSPS) is 13.3. The number of hydrogen-bond acceptors (Lipinski definition) is 8. The maximum Gasteiger partial charge on any atom is 0.306 e. The Balaban J connectivity index is 4.44. The number of allylic oxidation sites excluding steroid dienone is 8. The zero-order valence-corrected chi connectivity index (χ0v) is 37.9. The largest absolute Gasteiger partial charge is 0.545 e. The van der Waals surface area contributed by atoms with Gasteiger partial charge in [0.05, 0.1) is 40.3 Å². The second-order valence-electron chi connectivity index (χ2n) is 16.7. The van der Waals surface area contributed by atoms with Crippen molar-refractivity contribution in [2.45, 2.75) is 200 Å². The maximum atomic E-state index is 12.8. The molecule has 0 fully saturated rings. The smallest absolute Gasteiger partial charge is 0.306 e. The molecule has 0 bridgehead atoms. The molecular formula is C49H87NO8. The van der Waals surface area contributed by atoms with Crippen molar-refractivity contribution in [2.24, 2.45) is 0 Å². The van der Waals surface area contributed by atoms with Gasteiger partial charge < -0.3 is 33.3 Å². The summed E-state index contributed by atoms with van der Waals surface area (Å²) in [6.07, 6.45) is 44.2. The van der Waals surface area contributed by atoms with Crippen molar-refractivity contribution in [1.29, 1.82) is 0 Å². The van der Waals surface area contributed by atoms with Crippen molar-refractivity contribution < 1.29 is 42.9 Å². The van der Waals surface area contributed by atoms with Crippen molar-refractivity contribution in [2.75, 3.05) is 47.5 Å². The van der Waals surface area contributed by atoms with E-state index < -0.39 is 24.3 Å². The van der Waals surface area contributed by atoms with Gasteiger partial charge in [-0.05, 0) is 70.6 Å². The Bertz CT molecular complexity index is 1090. The molecule has 0 rings (SSSR count). The molecule has 0 aliphatic carbocycles. The minimum Gasteiger partial charge on any atom is -0.545 e. The molecule has 0 aliphatic rings. The molecule has 0 aromatic carbocycles. The lowest BCUT2D eigenvalue weighted by Crippen LogP contribution is -2.44. The first-order valence-electron chi connectivity index (χ1n) is 23.3. The fourth-order valence-electron chi connectivity index (χ4n) is 6.19. The molecule has 0 saturated carbocycles. The molecule has 9 nitrogen and oxygen atoms in total. The number of carboxylic acids is 1. The zero-order chi connectivity index (χ0) is 42.8. The van der Waals surface area contributed by atoms with Crippen LogP contribution in [-0.2, 0) is 33.3 Å². The molecule has 9 heteroatoms. The van der Waals surface area contributed by atoms with Crippen LogP contribution in [0.1, 0.15) is 187 Å². The highest BCUT2D eigenvalue weighted by molar-refractivity contribution is 5.70. The predicted octanol–water partition coefficient (Wildman–Crippen LogP) is 11.1. The topological polar surface area (TPSA) is 111 Å². The van der Waals surface area contributed by atoms with Gasteiger partial charge in [-0.1, -0.05) is 152 Å². The number of hydrogen-bond donors (Lipinski definition) is 0. The van der Waals surface area contributed by atoms with Crippen molar-refractivity contribution in [3.8, 4) is 0 Å². The number of carboxylic acid groups (broad SMARTS) is 1. The van der Waals surface area contributed by atoms with E-state index in [1.807, 2.05) is 21.1 Å². The van der Waals surface area contributed by atoms with Gasteiger partial charge in [-0.3, -0.25) is 9.59 Å². The lowest BCUT2D eigenvalue weighted by Gasteiger charge is -2.26. The number of esters is 2. The van der Waals surface area contributed by atoms with Gasteiger partial charge in [0.15, 0.2) is 12.4 Å². The number of aliphatic carboxylic acids is 1. The van der Waals surface area contributed by atoms with Gasteiger partial charge in [0.1, 0.15) is 13.2 Å². The Morgan fingerprint density at radius 3 is 1.48 bits per heavy atom. The molecule has 0 aromatic heterocycles. The van der Waals surface area contributed by atoms with Crippen LogP contribution in [-0.4, -0.2) is 82.3 Å². The summed E-state index contributed by atoms with van der Waals surface area (Å²) in [7, 11) is 5.90. The molecule has 0 radical (unpaired) electrons. The molecule has 0 amide bonds. The van der Waals surface area contributed by atoms with E-state index in [9.17, 15) is 19.5 Å². The lowest BCUT2D eigenvalue weighted by molar-refractivity contribution is -0.870. The number of ether oxygens (including phenoxy) is 4. The van der Waals surface area contributed by atoms with Gasteiger partial charge in [0.25, 0.3) is 0 Å². The minimum atomic E-state index is -1.62. The van der Waals surface area contributed by atoms with E-state index in [0.29, 0.717) is 17.4 Å². The van der Waals surface area contributed by atoms with E-state index in [2.05, 4.69) is 62.5 Å². The summed E-state index contributed by atoms with van der Waals surface area (Å²) in [5, 5.41) is 11.7. The highest BCUT2D eigenvalue weighted by atomic mass is 16.7. The molecule has 0 N–H and O–H groups in total. The van der Waals surface area contributed by atoms with Crippen molar-refractivity contribution in [1.82, 2.24) is 0 Å². The van der Waals surface area contributed by atoms with Gasteiger partial charge in [0, 0.05) is 12.8 Å². The van der Waals surface area contributed by atoms with E-state index in [1.54, 1.807) is 0 Å². The molecule has 0 aliphatic heterocycles. The third-order valence-electron chi connectivity index (χ3n) is 9.81. The predicted molar refractivity (Wildman–Crippen MR) is 237 cm³/mol. The van der Waals surface area contributed by atoms with E-state index in [4.69, 9.17) is 18.9 Å². The van der Waals surface area contributed by atoms with Crippen LogP contribution in [0.2, 0.25) is 0 Å². The van der Waals surface area contributed by atoms with Crippen LogP contribution in [0.15, 0.2) is 48.6 Å². The van der Waals surface area contributed by atoms with Crippen LogP contribution >= 0.6 is 0 Å². The SMILES string of the molecule is CC/C=C\C/C=C\C/C=C\CCCCCCCCCC(=O)OC(COC(=O)CCCCCCC/C=C\CCCCCCCCC)COC(OCC[N+](C)(C)C)C(=O)[O-]. The molecule has 336 valence electrons. The molecule has 0 aromatic rings. The molecule has 0 heterocycles. The third-order valence-corrected chi connectivity index (χ3v) is 9.81. The number of nitrogens with zero attached hydrogens (tertiary/aromatic N) is 1. The second kappa shape index (κ2) is 41.0. The fraction of sp³-hybridized carbons (Fsp3) is 0.776. The first kappa shape index (κ1) is 55.2. The van der Waals surface area contributed by atoms with Crippen LogP contribution in [0.3, 0.4) is 0 Å². The van der Waals surface area contributed by atoms with E-state index in [1.165, 1.54) is 70.6 Å². The van der Waals surface area contributed by atoms with Crippen LogP contribution in [0.4, 0.5) is 0 Å². The number of carbonyl (C=O) groups is 3. The Kier molecular flexibility index (Phi) is 39.1. The quantitative estimate of drug-likeness (QED) is 0.0197. The number of carbonyl (C=O) groups excluding carboxylic acids is 3. The number of rotatable bonds is 42. The summed E-state index contributed by atoms with van der Waals surface area (Å²) in [4.78, 5) is 37.0. The number of likely N-dealkylation sites (N-methyl/N-ethyl adjacent to an activating group) is 1. The van der Waals surface area contributed by atoms with E-state index in [-0.39, 0.29) is 38.6 Å². The molecule has 0 spiro atoms. The van der Waals surface area contributed by atoms with Crippen LogP contribution in [0.25, 0.3) is 0 Å². The Labute approximate surface area is 355 Å². The molecular weight excluding hydrogens is 731 g/mol. The van der Waals surface area contributed by atoms with Gasteiger partial charge >= 0.3 is 11.9 Å². The second-order valence-corrected chi connectivity index (χ2v) is 16.7.